The number of benzene rings is 1. The van der Waals surface area contributed by atoms with Crippen molar-refractivity contribution in [2.45, 2.75) is 27.7 Å². The zero-order valence-corrected chi connectivity index (χ0v) is 11.9. The van der Waals surface area contributed by atoms with Gasteiger partial charge in [-0.25, -0.2) is 0 Å². The number of rotatable bonds is 3. The van der Waals surface area contributed by atoms with Gasteiger partial charge in [0.15, 0.2) is 5.84 Å². The minimum Gasteiger partial charge on any atom is -0.409 e. The van der Waals surface area contributed by atoms with E-state index in [0.717, 1.165) is 23.4 Å². The van der Waals surface area contributed by atoms with Crippen LogP contribution in [-0.2, 0) is 0 Å². The van der Waals surface area contributed by atoms with Gasteiger partial charge in [0, 0.05) is 24.8 Å². The van der Waals surface area contributed by atoms with E-state index in [9.17, 15) is 0 Å². The van der Waals surface area contributed by atoms with Crippen LogP contribution in [0.5, 0.6) is 0 Å². The first kappa shape index (κ1) is 14.4. The number of nitrogens with two attached hydrogens (primary N) is 1. The lowest BCUT2D eigenvalue weighted by Crippen LogP contribution is -2.31. The third kappa shape index (κ3) is 3.65. The van der Waals surface area contributed by atoms with Gasteiger partial charge in [0.2, 0.25) is 0 Å². The molecule has 0 aliphatic rings. The van der Waals surface area contributed by atoms with Gasteiger partial charge in [0.25, 0.3) is 0 Å². The maximum atomic E-state index is 8.84. The highest BCUT2D eigenvalue weighted by Crippen LogP contribution is 2.25. The van der Waals surface area contributed by atoms with Crippen molar-refractivity contribution in [2.75, 3.05) is 18.5 Å². The van der Waals surface area contributed by atoms with Crippen molar-refractivity contribution in [3.63, 3.8) is 0 Å². The highest BCUT2D eigenvalue weighted by Gasteiger charge is 2.17. The van der Waals surface area contributed by atoms with E-state index in [4.69, 9.17) is 10.9 Å². The molecular formula is C14H23N3O. The largest absolute Gasteiger partial charge is 0.409 e. The van der Waals surface area contributed by atoms with E-state index in [2.05, 4.69) is 36.9 Å². The van der Waals surface area contributed by atoms with E-state index in [-0.39, 0.29) is 11.3 Å². The van der Waals surface area contributed by atoms with Crippen molar-refractivity contribution < 1.29 is 5.21 Å². The summed E-state index contributed by atoms with van der Waals surface area (Å²) < 4.78 is 0. The lowest BCUT2D eigenvalue weighted by molar-refractivity contribution is 0.318. The zero-order valence-electron chi connectivity index (χ0n) is 11.9. The van der Waals surface area contributed by atoms with Gasteiger partial charge in [0.1, 0.15) is 0 Å². The second-order valence-corrected chi connectivity index (χ2v) is 5.92. The van der Waals surface area contributed by atoms with Crippen LogP contribution in [0.15, 0.2) is 23.4 Å². The van der Waals surface area contributed by atoms with Gasteiger partial charge in [0.05, 0.1) is 0 Å². The van der Waals surface area contributed by atoms with Gasteiger partial charge in [-0.1, -0.05) is 32.0 Å². The number of hydrogen-bond donors (Lipinski definition) is 2. The van der Waals surface area contributed by atoms with Crippen LogP contribution < -0.4 is 10.6 Å². The Hall–Kier alpha value is -1.71. The molecule has 0 aromatic heterocycles. The van der Waals surface area contributed by atoms with Gasteiger partial charge in [-0.05, 0) is 30.0 Å². The van der Waals surface area contributed by atoms with Gasteiger partial charge >= 0.3 is 0 Å². The summed E-state index contributed by atoms with van der Waals surface area (Å²) in [5, 5.41) is 11.9. The monoisotopic (exact) mass is 249 g/mol. The predicted octanol–water partition coefficient (Wildman–Crippen LogP) is 2.57. The van der Waals surface area contributed by atoms with Crippen LogP contribution in [-0.4, -0.2) is 24.6 Å². The van der Waals surface area contributed by atoms with E-state index in [1.807, 2.05) is 26.1 Å². The summed E-state index contributed by atoms with van der Waals surface area (Å²) >= 11 is 0. The van der Waals surface area contributed by atoms with Crippen LogP contribution in [0.2, 0.25) is 0 Å². The number of anilines is 1. The molecule has 3 N–H and O–H groups in total. The van der Waals surface area contributed by atoms with Crippen LogP contribution in [0.1, 0.15) is 31.9 Å². The Balaban J connectivity index is 3.17. The molecule has 1 rings (SSSR count). The summed E-state index contributed by atoms with van der Waals surface area (Å²) in [5.41, 5.74) is 8.80. The van der Waals surface area contributed by atoms with E-state index >= 15 is 0 Å². The molecule has 100 valence electrons. The first-order valence-electron chi connectivity index (χ1n) is 6.04. The SMILES string of the molecule is Cc1ccc(C(N)=NO)c(N(C)CC(C)(C)C)c1. The molecule has 1 aromatic rings. The fraction of sp³-hybridized carbons (Fsp3) is 0.500. The van der Waals surface area contributed by atoms with Crippen LogP contribution >= 0.6 is 0 Å². The number of oxime groups is 1. The number of nitrogens with zero attached hydrogens (tertiary/aromatic N) is 2. The topological polar surface area (TPSA) is 61.9 Å². The number of hydrogen-bond acceptors (Lipinski definition) is 3. The second kappa shape index (κ2) is 5.29. The minimum atomic E-state index is 0.144. The molecule has 4 heteroatoms. The van der Waals surface area contributed by atoms with Crippen LogP contribution in [0, 0.1) is 12.3 Å². The fourth-order valence-corrected chi connectivity index (χ4v) is 2.02. The first-order valence-corrected chi connectivity index (χ1v) is 6.04. The molecule has 0 aliphatic heterocycles. The third-order valence-electron chi connectivity index (χ3n) is 2.66. The van der Waals surface area contributed by atoms with Gasteiger partial charge < -0.3 is 15.8 Å². The van der Waals surface area contributed by atoms with Gasteiger partial charge in [-0.2, -0.15) is 0 Å². The molecule has 1 aromatic carbocycles. The summed E-state index contributed by atoms with van der Waals surface area (Å²) in [5.74, 6) is 0.144. The number of amidine groups is 1. The zero-order chi connectivity index (χ0) is 13.9. The molecule has 0 saturated carbocycles. The Kier molecular flexibility index (Phi) is 4.22. The van der Waals surface area contributed by atoms with Crippen molar-refractivity contribution in [3.05, 3.63) is 29.3 Å². The van der Waals surface area contributed by atoms with Crippen molar-refractivity contribution >= 4 is 11.5 Å². The van der Waals surface area contributed by atoms with Crippen molar-refractivity contribution in [1.29, 1.82) is 0 Å². The maximum Gasteiger partial charge on any atom is 0.172 e. The van der Waals surface area contributed by atoms with Crippen LogP contribution in [0.3, 0.4) is 0 Å². The highest BCUT2D eigenvalue weighted by atomic mass is 16.4. The molecule has 0 heterocycles. The molecule has 4 nitrogen and oxygen atoms in total. The molecular weight excluding hydrogens is 226 g/mol. The smallest absolute Gasteiger partial charge is 0.172 e. The Morgan fingerprint density at radius 2 is 2.00 bits per heavy atom. The third-order valence-corrected chi connectivity index (χ3v) is 2.66. The quantitative estimate of drug-likeness (QED) is 0.374. The molecule has 0 atom stereocenters. The van der Waals surface area contributed by atoms with Gasteiger partial charge in [-0.15, -0.1) is 0 Å². The molecule has 0 unspecified atom stereocenters. The summed E-state index contributed by atoms with van der Waals surface area (Å²) in [4.78, 5) is 2.14. The van der Waals surface area contributed by atoms with Crippen LogP contribution in [0.25, 0.3) is 0 Å². The second-order valence-electron chi connectivity index (χ2n) is 5.92. The van der Waals surface area contributed by atoms with Crippen LogP contribution in [0.4, 0.5) is 5.69 Å². The van der Waals surface area contributed by atoms with E-state index < -0.39 is 0 Å². The molecule has 0 fully saturated rings. The Bertz CT molecular complexity index is 447. The molecule has 0 bridgehead atoms. The number of aryl methyl sites for hydroxylation is 1. The Labute approximate surface area is 109 Å². The lowest BCUT2D eigenvalue weighted by Gasteiger charge is -2.29. The average molecular weight is 249 g/mol. The molecule has 18 heavy (non-hydrogen) atoms. The Morgan fingerprint density at radius 1 is 1.39 bits per heavy atom. The predicted molar refractivity (Wildman–Crippen MR) is 76.4 cm³/mol. The Morgan fingerprint density at radius 3 is 2.50 bits per heavy atom. The molecule has 0 saturated heterocycles. The maximum absolute atomic E-state index is 8.84. The summed E-state index contributed by atoms with van der Waals surface area (Å²) in [6, 6.07) is 5.90. The molecule has 0 spiro atoms. The summed E-state index contributed by atoms with van der Waals surface area (Å²) in [6.07, 6.45) is 0. The summed E-state index contributed by atoms with van der Waals surface area (Å²) in [7, 11) is 2.02. The molecule has 0 radical (unpaired) electrons. The van der Waals surface area contributed by atoms with E-state index in [0.29, 0.717) is 0 Å². The average Bonchev–Trinajstić information content (AvgIpc) is 2.25. The standard InChI is InChI=1S/C14H23N3O/c1-10-6-7-11(13(15)16-18)12(8-10)17(5)9-14(2,3)4/h6-8,18H,9H2,1-5H3,(H2,15,16). The fourth-order valence-electron chi connectivity index (χ4n) is 2.02. The minimum absolute atomic E-state index is 0.144. The van der Waals surface area contributed by atoms with E-state index in [1.165, 1.54) is 0 Å². The van der Waals surface area contributed by atoms with Crippen molar-refractivity contribution in [3.8, 4) is 0 Å². The van der Waals surface area contributed by atoms with E-state index in [1.54, 1.807) is 0 Å². The van der Waals surface area contributed by atoms with Gasteiger partial charge in [-0.3, -0.25) is 0 Å². The van der Waals surface area contributed by atoms with Crippen molar-refractivity contribution in [1.82, 2.24) is 0 Å². The normalized spacial score (nSPS) is 12.6. The van der Waals surface area contributed by atoms with Crippen molar-refractivity contribution in [2.24, 2.45) is 16.3 Å². The summed E-state index contributed by atoms with van der Waals surface area (Å²) in [6.45, 7) is 9.47. The molecule has 0 amide bonds. The molecule has 0 aliphatic carbocycles. The highest BCUT2D eigenvalue weighted by molar-refractivity contribution is 6.02. The lowest BCUT2D eigenvalue weighted by atomic mass is 9.95. The first-order chi connectivity index (χ1) is 8.24.